The molecule has 2 fully saturated rings. The Balaban J connectivity index is 1.39. The Kier molecular flexibility index (Phi) is 13.3. The van der Waals surface area contributed by atoms with Crippen molar-refractivity contribution in [2.45, 2.75) is 87.5 Å². The lowest BCUT2D eigenvalue weighted by molar-refractivity contribution is -0.327. The van der Waals surface area contributed by atoms with E-state index in [4.69, 9.17) is 33.2 Å². The van der Waals surface area contributed by atoms with Gasteiger partial charge in [-0.3, -0.25) is 4.79 Å². The molecule has 12 atom stereocenters. The van der Waals surface area contributed by atoms with Crippen LogP contribution in [0.1, 0.15) is 18.9 Å². The third-order valence-electron chi connectivity index (χ3n) is 8.29. The number of hydrogen-bond acceptors (Lipinski definition) is 17. The number of methoxy groups -OCH3 is 1. The van der Waals surface area contributed by atoms with Gasteiger partial charge in [-0.15, -0.1) is 0 Å². The highest BCUT2D eigenvalue weighted by Crippen LogP contribution is 2.36. The minimum absolute atomic E-state index is 0.0483. The number of aliphatic hydroxyl groups is 7. The monoisotopic (exact) mass is 686 g/mol. The zero-order valence-corrected chi connectivity index (χ0v) is 26.2. The molecular formula is C31H42O17. The van der Waals surface area contributed by atoms with Gasteiger partial charge in [-0.05, 0) is 31.0 Å². The van der Waals surface area contributed by atoms with Gasteiger partial charge >= 0.3 is 11.9 Å². The smallest absolute Gasteiger partial charge is 0.337 e. The predicted molar refractivity (Wildman–Crippen MR) is 157 cm³/mol. The van der Waals surface area contributed by atoms with Gasteiger partial charge in [-0.25, -0.2) is 4.79 Å². The summed E-state index contributed by atoms with van der Waals surface area (Å²) >= 11 is 0. The number of hydrogen-bond donors (Lipinski definition) is 8. The standard InChI is InChI=1S/C31H42O17/c1-3-16-17(18(28(41)42-2)12-45-29(16)48-31-27(40)24(37)22(35)19(11-32)46-31)10-21(34)44-13-20-23(36)25(38)26(39)30(47-20)43-9-8-14-4-6-15(33)7-5-14/h3-7,12,17,19-20,22-27,29-33,35-40H,8-11,13H2,1-2H3/b16-3+/t17-,19-,20-,22-,23-,24+,25+,26-,27-,29+,30-,31+/m1/s1. The van der Waals surface area contributed by atoms with Crippen molar-refractivity contribution in [3.8, 4) is 5.75 Å². The van der Waals surface area contributed by atoms with E-state index in [1.54, 1.807) is 19.1 Å². The minimum atomic E-state index is -1.75. The van der Waals surface area contributed by atoms with E-state index in [9.17, 15) is 50.4 Å². The van der Waals surface area contributed by atoms with Gasteiger partial charge in [-0.2, -0.15) is 0 Å². The van der Waals surface area contributed by atoms with Gasteiger partial charge in [0, 0.05) is 11.5 Å². The second-order valence-electron chi connectivity index (χ2n) is 11.4. The first-order chi connectivity index (χ1) is 22.9. The lowest BCUT2D eigenvalue weighted by Crippen LogP contribution is -2.60. The van der Waals surface area contributed by atoms with Crippen molar-refractivity contribution in [1.29, 1.82) is 0 Å². The summed E-state index contributed by atoms with van der Waals surface area (Å²) < 4.78 is 38.0. The molecule has 0 spiro atoms. The molecule has 0 amide bonds. The van der Waals surface area contributed by atoms with Gasteiger partial charge < -0.3 is 74.0 Å². The lowest BCUT2D eigenvalue weighted by Gasteiger charge is -2.42. The van der Waals surface area contributed by atoms with Crippen molar-refractivity contribution in [2.75, 3.05) is 26.9 Å². The van der Waals surface area contributed by atoms with Crippen LogP contribution in [0.15, 0.2) is 47.7 Å². The Bertz CT molecular complexity index is 1280. The number of benzene rings is 1. The number of allylic oxidation sites excluding steroid dienone is 1. The van der Waals surface area contributed by atoms with Crippen LogP contribution in [0.5, 0.6) is 5.75 Å². The van der Waals surface area contributed by atoms with E-state index < -0.39 is 105 Å². The predicted octanol–water partition coefficient (Wildman–Crippen LogP) is -2.52. The largest absolute Gasteiger partial charge is 0.508 e. The van der Waals surface area contributed by atoms with E-state index in [-0.39, 0.29) is 23.5 Å². The first kappa shape index (κ1) is 37.6. The van der Waals surface area contributed by atoms with Gasteiger partial charge in [0.25, 0.3) is 0 Å². The van der Waals surface area contributed by atoms with Crippen molar-refractivity contribution in [3.63, 3.8) is 0 Å². The summed E-state index contributed by atoms with van der Waals surface area (Å²) in [4.78, 5) is 25.7. The summed E-state index contributed by atoms with van der Waals surface area (Å²) in [5.74, 6) is -2.69. The molecule has 3 aliphatic rings. The van der Waals surface area contributed by atoms with Gasteiger partial charge in [0.05, 0.1) is 38.6 Å². The maximum absolute atomic E-state index is 13.1. The second kappa shape index (κ2) is 17.0. The zero-order chi connectivity index (χ0) is 35.1. The molecule has 8 N–H and O–H groups in total. The summed E-state index contributed by atoms with van der Waals surface area (Å²) in [6, 6.07) is 6.37. The maximum Gasteiger partial charge on any atom is 0.337 e. The van der Waals surface area contributed by atoms with Crippen molar-refractivity contribution in [3.05, 3.63) is 53.3 Å². The van der Waals surface area contributed by atoms with Crippen LogP contribution >= 0.6 is 0 Å². The number of aliphatic hydroxyl groups excluding tert-OH is 7. The average Bonchev–Trinajstić information content (AvgIpc) is 3.08. The quantitative estimate of drug-likeness (QED) is 0.0834. The summed E-state index contributed by atoms with van der Waals surface area (Å²) in [5, 5.41) is 80.8. The normalized spacial score (nSPS) is 36.2. The molecule has 48 heavy (non-hydrogen) atoms. The van der Waals surface area contributed by atoms with Crippen LogP contribution in [0.3, 0.4) is 0 Å². The van der Waals surface area contributed by atoms with Gasteiger partial charge in [-0.1, -0.05) is 18.2 Å². The van der Waals surface area contributed by atoms with Crippen LogP contribution in [0, 0.1) is 5.92 Å². The molecule has 1 aromatic rings. The zero-order valence-electron chi connectivity index (χ0n) is 26.2. The van der Waals surface area contributed by atoms with Crippen molar-refractivity contribution in [1.82, 2.24) is 0 Å². The fourth-order valence-corrected chi connectivity index (χ4v) is 5.47. The van der Waals surface area contributed by atoms with Gasteiger partial charge in [0.2, 0.25) is 6.29 Å². The number of carbonyl (C=O) groups is 2. The number of rotatable bonds is 12. The summed E-state index contributed by atoms with van der Waals surface area (Å²) in [6.45, 7) is 0.335. The molecule has 17 heteroatoms. The molecule has 0 saturated carbocycles. The molecule has 17 nitrogen and oxygen atoms in total. The van der Waals surface area contributed by atoms with Crippen molar-refractivity contribution >= 4 is 11.9 Å². The van der Waals surface area contributed by atoms with Crippen LogP contribution in [-0.4, -0.2) is 147 Å². The molecule has 3 heterocycles. The van der Waals surface area contributed by atoms with E-state index in [0.717, 1.165) is 18.9 Å². The van der Waals surface area contributed by atoms with Crippen LogP contribution in [0.25, 0.3) is 0 Å². The Hall–Kier alpha value is -3.20. The number of aromatic hydroxyl groups is 1. The van der Waals surface area contributed by atoms with Crippen LogP contribution < -0.4 is 0 Å². The summed E-state index contributed by atoms with van der Waals surface area (Å²) in [6.07, 6.45) is -14.6. The first-order valence-corrected chi connectivity index (χ1v) is 15.2. The third kappa shape index (κ3) is 8.68. The van der Waals surface area contributed by atoms with Crippen molar-refractivity contribution in [2.24, 2.45) is 5.92 Å². The second-order valence-corrected chi connectivity index (χ2v) is 11.4. The highest BCUT2D eigenvalue weighted by molar-refractivity contribution is 5.90. The topological polar surface area (TPSA) is 261 Å². The molecular weight excluding hydrogens is 644 g/mol. The number of esters is 2. The maximum atomic E-state index is 13.1. The molecule has 0 aromatic heterocycles. The molecule has 0 radical (unpaired) electrons. The highest BCUT2D eigenvalue weighted by Gasteiger charge is 2.48. The highest BCUT2D eigenvalue weighted by atomic mass is 16.8. The third-order valence-corrected chi connectivity index (χ3v) is 8.29. The fraction of sp³-hybridized carbons (Fsp3) is 0.613. The van der Waals surface area contributed by atoms with Gasteiger partial charge in [0.1, 0.15) is 61.2 Å². The van der Waals surface area contributed by atoms with E-state index in [2.05, 4.69) is 0 Å². The van der Waals surface area contributed by atoms with Crippen LogP contribution in [-0.2, 0) is 49.2 Å². The lowest BCUT2D eigenvalue weighted by atomic mass is 9.86. The van der Waals surface area contributed by atoms with E-state index in [0.29, 0.717) is 6.42 Å². The van der Waals surface area contributed by atoms with Gasteiger partial charge in [0.15, 0.2) is 12.6 Å². The number of carbonyl (C=O) groups excluding carboxylic acids is 2. The molecule has 2 saturated heterocycles. The molecule has 0 aliphatic carbocycles. The van der Waals surface area contributed by atoms with Crippen LogP contribution in [0.2, 0.25) is 0 Å². The average molecular weight is 687 g/mol. The van der Waals surface area contributed by atoms with Crippen molar-refractivity contribution < 1.29 is 83.6 Å². The molecule has 268 valence electrons. The molecule has 4 rings (SSSR count). The number of phenolic OH excluding ortho intramolecular Hbond substituents is 1. The SMILES string of the molecule is C/C=C1/[C@H](O[C@@H]2O[C@H](CO)[C@@H](O)[C@H](O)[C@H]2O)OC=C(C(=O)OC)[C@@H]1CC(=O)OC[C@H]1O[C@@H](OCCc2ccc(O)cc2)[C@H](O)[C@@H](O)[C@@H]1O. The Morgan fingerprint density at radius 1 is 0.875 bits per heavy atom. The van der Waals surface area contributed by atoms with E-state index in [1.807, 2.05) is 0 Å². The minimum Gasteiger partial charge on any atom is -0.508 e. The number of phenols is 1. The Labute approximate surface area is 275 Å². The molecule has 3 aliphatic heterocycles. The molecule has 1 aromatic carbocycles. The summed E-state index contributed by atoms with van der Waals surface area (Å²) in [7, 11) is 1.12. The summed E-state index contributed by atoms with van der Waals surface area (Å²) in [5.41, 5.74) is 0.922. The molecule has 0 unspecified atom stereocenters. The first-order valence-electron chi connectivity index (χ1n) is 15.2. The number of ether oxygens (including phenoxy) is 7. The molecule has 0 bridgehead atoms. The Morgan fingerprint density at radius 3 is 2.12 bits per heavy atom. The van der Waals surface area contributed by atoms with E-state index >= 15 is 0 Å². The van der Waals surface area contributed by atoms with E-state index in [1.165, 1.54) is 18.2 Å². The Morgan fingerprint density at radius 2 is 1.50 bits per heavy atom. The van der Waals surface area contributed by atoms with Crippen LogP contribution in [0.4, 0.5) is 0 Å². The fourth-order valence-electron chi connectivity index (χ4n) is 5.47.